The average molecular weight is 263 g/mol. The minimum Gasteiger partial charge on any atom is -0.399 e. The van der Waals surface area contributed by atoms with Gasteiger partial charge in [0.2, 0.25) is 0 Å². The molecule has 0 bridgehead atoms. The maximum Gasteiger partial charge on any atom is 0.123 e. The third-order valence-electron chi connectivity index (χ3n) is 2.54. The molecule has 0 saturated heterocycles. The van der Waals surface area contributed by atoms with Gasteiger partial charge < -0.3 is 10.8 Å². The molecular formula is C14H14FNOS. The summed E-state index contributed by atoms with van der Waals surface area (Å²) in [6, 6.07) is 13.4. The van der Waals surface area contributed by atoms with Crippen molar-refractivity contribution in [1.29, 1.82) is 0 Å². The molecule has 0 saturated carbocycles. The van der Waals surface area contributed by atoms with Gasteiger partial charge in [-0.15, -0.1) is 11.8 Å². The molecule has 0 heterocycles. The van der Waals surface area contributed by atoms with Crippen LogP contribution in [-0.4, -0.2) is 10.9 Å². The van der Waals surface area contributed by atoms with Crippen molar-refractivity contribution in [3.8, 4) is 0 Å². The summed E-state index contributed by atoms with van der Waals surface area (Å²) < 4.78 is 12.7. The van der Waals surface area contributed by atoms with Crippen LogP contribution < -0.4 is 5.73 Å². The summed E-state index contributed by atoms with van der Waals surface area (Å²) in [5, 5.41) is 9.99. The largest absolute Gasteiger partial charge is 0.399 e. The Hall–Kier alpha value is -1.52. The Morgan fingerprint density at radius 3 is 2.28 bits per heavy atom. The van der Waals surface area contributed by atoms with Crippen LogP contribution in [0.3, 0.4) is 0 Å². The number of hydrogen-bond donors (Lipinski definition) is 2. The van der Waals surface area contributed by atoms with Crippen molar-refractivity contribution in [2.75, 3.05) is 11.5 Å². The molecule has 2 nitrogen and oxygen atoms in total. The number of aliphatic hydroxyl groups excluding tert-OH is 1. The molecule has 0 radical (unpaired) electrons. The van der Waals surface area contributed by atoms with Crippen LogP contribution in [0.25, 0.3) is 0 Å². The highest BCUT2D eigenvalue weighted by molar-refractivity contribution is 7.99. The van der Waals surface area contributed by atoms with E-state index in [0.29, 0.717) is 11.4 Å². The minimum absolute atomic E-state index is 0.251. The van der Waals surface area contributed by atoms with E-state index in [1.165, 1.54) is 23.9 Å². The zero-order valence-corrected chi connectivity index (χ0v) is 10.5. The maximum atomic E-state index is 12.7. The average Bonchev–Trinajstić information content (AvgIpc) is 2.38. The van der Waals surface area contributed by atoms with E-state index in [-0.39, 0.29) is 5.82 Å². The first-order valence-corrected chi connectivity index (χ1v) is 6.55. The van der Waals surface area contributed by atoms with Crippen LogP contribution in [0.4, 0.5) is 10.1 Å². The first-order valence-electron chi connectivity index (χ1n) is 5.57. The number of rotatable bonds is 4. The summed E-state index contributed by atoms with van der Waals surface area (Å²) in [5.41, 5.74) is 7.09. The van der Waals surface area contributed by atoms with Crippen molar-refractivity contribution in [1.82, 2.24) is 0 Å². The third-order valence-corrected chi connectivity index (χ3v) is 3.63. The number of nitrogen functional groups attached to an aromatic ring is 1. The second-order valence-electron chi connectivity index (χ2n) is 3.95. The smallest absolute Gasteiger partial charge is 0.123 e. The summed E-state index contributed by atoms with van der Waals surface area (Å²) in [7, 11) is 0. The Morgan fingerprint density at radius 1 is 1.06 bits per heavy atom. The van der Waals surface area contributed by atoms with Crippen molar-refractivity contribution in [3.05, 3.63) is 59.9 Å². The maximum absolute atomic E-state index is 12.7. The lowest BCUT2D eigenvalue weighted by Crippen LogP contribution is -2.00. The molecule has 18 heavy (non-hydrogen) atoms. The number of halogens is 1. The Labute approximate surface area is 110 Å². The van der Waals surface area contributed by atoms with E-state index in [0.717, 1.165) is 10.5 Å². The molecular weight excluding hydrogens is 249 g/mol. The van der Waals surface area contributed by atoms with Gasteiger partial charge in [0.05, 0.1) is 6.10 Å². The predicted octanol–water partition coefficient (Wildman–Crippen LogP) is 3.23. The van der Waals surface area contributed by atoms with Crippen molar-refractivity contribution >= 4 is 17.4 Å². The van der Waals surface area contributed by atoms with Gasteiger partial charge >= 0.3 is 0 Å². The number of hydrogen-bond acceptors (Lipinski definition) is 3. The molecule has 0 amide bonds. The van der Waals surface area contributed by atoms with Crippen LogP contribution in [0.15, 0.2) is 53.4 Å². The van der Waals surface area contributed by atoms with Gasteiger partial charge in [0.1, 0.15) is 5.82 Å². The molecule has 1 atom stereocenters. The number of anilines is 1. The highest BCUT2D eigenvalue weighted by Crippen LogP contribution is 2.25. The molecule has 94 valence electrons. The lowest BCUT2D eigenvalue weighted by Gasteiger charge is -2.10. The van der Waals surface area contributed by atoms with E-state index < -0.39 is 6.10 Å². The lowest BCUT2D eigenvalue weighted by molar-refractivity contribution is 0.204. The van der Waals surface area contributed by atoms with Gasteiger partial charge in [0.25, 0.3) is 0 Å². The zero-order chi connectivity index (χ0) is 13.0. The third kappa shape index (κ3) is 3.48. The second-order valence-corrected chi connectivity index (χ2v) is 5.04. The molecule has 0 aliphatic heterocycles. The highest BCUT2D eigenvalue weighted by Gasteiger charge is 2.07. The standard InChI is InChI=1S/C14H14FNOS/c15-11-3-7-13(8-4-11)18-9-14(17)10-1-5-12(16)6-2-10/h1-8,14,17H,9,16H2. The van der Waals surface area contributed by atoms with Crippen molar-refractivity contribution in [2.45, 2.75) is 11.0 Å². The molecule has 2 aromatic rings. The van der Waals surface area contributed by atoms with E-state index in [2.05, 4.69) is 0 Å². The number of aliphatic hydroxyl groups is 1. The van der Waals surface area contributed by atoms with Crippen LogP contribution in [0.1, 0.15) is 11.7 Å². The van der Waals surface area contributed by atoms with Gasteiger partial charge in [-0.25, -0.2) is 4.39 Å². The van der Waals surface area contributed by atoms with Crippen molar-refractivity contribution in [3.63, 3.8) is 0 Å². The van der Waals surface area contributed by atoms with Gasteiger partial charge in [0.15, 0.2) is 0 Å². The molecule has 1 unspecified atom stereocenters. The lowest BCUT2D eigenvalue weighted by atomic mass is 10.1. The summed E-state index contributed by atoms with van der Waals surface area (Å²) in [4.78, 5) is 0.936. The molecule has 0 aliphatic carbocycles. The van der Waals surface area contributed by atoms with Gasteiger partial charge in [-0.2, -0.15) is 0 Å². The topological polar surface area (TPSA) is 46.2 Å². The van der Waals surface area contributed by atoms with Gasteiger partial charge in [-0.3, -0.25) is 0 Å². The van der Waals surface area contributed by atoms with Crippen LogP contribution in [0, 0.1) is 5.82 Å². The molecule has 0 aromatic heterocycles. The number of thioether (sulfide) groups is 1. The zero-order valence-electron chi connectivity index (χ0n) is 9.71. The van der Waals surface area contributed by atoms with Crippen LogP contribution in [0.5, 0.6) is 0 Å². The molecule has 3 N–H and O–H groups in total. The van der Waals surface area contributed by atoms with E-state index in [9.17, 15) is 9.50 Å². The van der Waals surface area contributed by atoms with Crippen molar-refractivity contribution in [2.24, 2.45) is 0 Å². The van der Waals surface area contributed by atoms with Gasteiger partial charge in [0, 0.05) is 16.3 Å². The second kappa shape index (κ2) is 5.89. The fourth-order valence-corrected chi connectivity index (χ4v) is 2.39. The first kappa shape index (κ1) is 12.9. The first-order chi connectivity index (χ1) is 8.65. The highest BCUT2D eigenvalue weighted by atomic mass is 32.2. The van der Waals surface area contributed by atoms with Gasteiger partial charge in [-0.05, 0) is 42.0 Å². The van der Waals surface area contributed by atoms with E-state index in [1.54, 1.807) is 24.3 Å². The van der Waals surface area contributed by atoms with E-state index >= 15 is 0 Å². The monoisotopic (exact) mass is 263 g/mol. The molecule has 2 rings (SSSR count). The Bertz CT molecular complexity index is 498. The van der Waals surface area contributed by atoms with Crippen LogP contribution in [-0.2, 0) is 0 Å². The minimum atomic E-state index is -0.555. The summed E-state index contributed by atoms with van der Waals surface area (Å²) in [6.07, 6.45) is -0.555. The predicted molar refractivity (Wildman–Crippen MR) is 72.9 cm³/mol. The number of nitrogens with two attached hydrogens (primary N) is 1. The fourth-order valence-electron chi connectivity index (χ4n) is 1.52. The van der Waals surface area contributed by atoms with Crippen LogP contribution in [0.2, 0.25) is 0 Å². The van der Waals surface area contributed by atoms with Gasteiger partial charge in [-0.1, -0.05) is 12.1 Å². The Balaban J connectivity index is 1.93. The molecule has 0 spiro atoms. The fraction of sp³-hybridized carbons (Fsp3) is 0.143. The Kier molecular flexibility index (Phi) is 4.23. The quantitative estimate of drug-likeness (QED) is 0.657. The van der Waals surface area contributed by atoms with Crippen LogP contribution >= 0.6 is 11.8 Å². The number of benzene rings is 2. The SMILES string of the molecule is Nc1ccc(C(O)CSc2ccc(F)cc2)cc1. The summed E-state index contributed by atoms with van der Waals surface area (Å²) in [6.45, 7) is 0. The van der Waals surface area contributed by atoms with E-state index in [1.807, 2.05) is 12.1 Å². The van der Waals surface area contributed by atoms with E-state index in [4.69, 9.17) is 5.73 Å². The molecule has 0 fully saturated rings. The normalized spacial score (nSPS) is 12.3. The summed E-state index contributed by atoms with van der Waals surface area (Å²) in [5.74, 6) is 0.272. The summed E-state index contributed by atoms with van der Waals surface area (Å²) >= 11 is 1.49. The Morgan fingerprint density at radius 2 is 1.67 bits per heavy atom. The van der Waals surface area contributed by atoms with Crippen molar-refractivity contribution < 1.29 is 9.50 Å². The molecule has 4 heteroatoms. The molecule has 0 aliphatic rings. The molecule has 2 aromatic carbocycles.